The average Bonchev–Trinajstić information content (AvgIpc) is 2.89. The molecule has 1 rings (SSSR count). The topological polar surface area (TPSA) is 56.7 Å². The first-order chi connectivity index (χ1) is 9.12. The molecule has 1 N–H and O–H groups in total. The predicted molar refractivity (Wildman–Crippen MR) is 79.4 cm³/mol. The third-order valence-corrected chi connectivity index (χ3v) is 4.20. The molecule has 0 saturated carbocycles. The van der Waals surface area contributed by atoms with E-state index in [9.17, 15) is 4.79 Å². The standard InChI is InChI=1S/C13H23N3O2S/c1-4-15(5-2)8-7-9-16(6-3)13-14-10-11(19-13)12(17)18/h10H,4-9H2,1-3H3,(H,17,18). The van der Waals surface area contributed by atoms with E-state index in [4.69, 9.17) is 5.11 Å². The molecule has 6 heteroatoms. The van der Waals surface area contributed by atoms with E-state index in [-0.39, 0.29) is 0 Å². The van der Waals surface area contributed by atoms with E-state index >= 15 is 0 Å². The van der Waals surface area contributed by atoms with Crippen LogP contribution in [0.4, 0.5) is 5.13 Å². The molecule has 0 aliphatic heterocycles. The Balaban J connectivity index is 2.50. The first-order valence-corrected chi connectivity index (χ1v) is 7.60. The lowest BCUT2D eigenvalue weighted by Gasteiger charge is -2.23. The quantitative estimate of drug-likeness (QED) is 0.755. The molecule has 0 unspecified atom stereocenters. The molecular formula is C13H23N3O2S. The lowest BCUT2D eigenvalue weighted by atomic mass is 10.3. The highest BCUT2D eigenvalue weighted by Crippen LogP contribution is 2.22. The summed E-state index contributed by atoms with van der Waals surface area (Å²) in [4.78, 5) is 19.9. The molecule has 5 nitrogen and oxygen atoms in total. The number of carbonyl (C=O) groups is 1. The van der Waals surface area contributed by atoms with Crippen LogP contribution in [-0.2, 0) is 0 Å². The van der Waals surface area contributed by atoms with E-state index < -0.39 is 5.97 Å². The Morgan fingerprint density at radius 1 is 1.26 bits per heavy atom. The monoisotopic (exact) mass is 285 g/mol. The number of nitrogens with zero attached hydrogens (tertiary/aromatic N) is 3. The minimum Gasteiger partial charge on any atom is -0.477 e. The third-order valence-electron chi connectivity index (χ3n) is 3.15. The van der Waals surface area contributed by atoms with Gasteiger partial charge in [-0.15, -0.1) is 0 Å². The van der Waals surface area contributed by atoms with Crippen molar-refractivity contribution in [3.05, 3.63) is 11.1 Å². The van der Waals surface area contributed by atoms with Crippen molar-refractivity contribution < 1.29 is 9.90 Å². The Labute approximate surface area is 118 Å². The molecule has 1 aromatic rings. The summed E-state index contributed by atoms with van der Waals surface area (Å²) in [5, 5.41) is 9.72. The largest absolute Gasteiger partial charge is 0.477 e. The normalized spacial score (nSPS) is 10.9. The Hall–Kier alpha value is -1.14. The second-order valence-corrected chi connectivity index (χ2v) is 5.28. The molecule has 1 heterocycles. The predicted octanol–water partition coefficient (Wildman–Crippen LogP) is 2.40. The molecule has 0 atom stereocenters. The van der Waals surface area contributed by atoms with Crippen LogP contribution in [-0.4, -0.2) is 53.7 Å². The van der Waals surface area contributed by atoms with Gasteiger partial charge in [-0.3, -0.25) is 0 Å². The first-order valence-electron chi connectivity index (χ1n) is 6.78. The van der Waals surface area contributed by atoms with Gasteiger partial charge >= 0.3 is 5.97 Å². The first kappa shape index (κ1) is 15.9. The van der Waals surface area contributed by atoms with Crippen LogP contribution < -0.4 is 4.90 Å². The Morgan fingerprint density at radius 3 is 2.42 bits per heavy atom. The fourth-order valence-corrected chi connectivity index (χ4v) is 2.77. The van der Waals surface area contributed by atoms with Gasteiger partial charge in [0.25, 0.3) is 0 Å². The zero-order valence-corrected chi connectivity index (χ0v) is 12.7. The SMILES string of the molecule is CCN(CC)CCCN(CC)c1ncc(C(=O)O)s1. The Bertz CT molecular complexity index is 391. The van der Waals surface area contributed by atoms with Crippen molar-refractivity contribution in [1.82, 2.24) is 9.88 Å². The van der Waals surface area contributed by atoms with Crippen LogP contribution in [0.5, 0.6) is 0 Å². The van der Waals surface area contributed by atoms with Crippen LogP contribution in [0.1, 0.15) is 36.9 Å². The molecule has 19 heavy (non-hydrogen) atoms. The zero-order chi connectivity index (χ0) is 14.3. The molecule has 0 bridgehead atoms. The lowest BCUT2D eigenvalue weighted by molar-refractivity contribution is 0.0702. The molecule has 0 aliphatic carbocycles. The molecule has 0 aromatic carbocycles. The van der Waals surface area contributed by atoms with Crippen molar-refractivity contribution in [2.24, 2.45) is 0 Å². The highest BCUT2D eigenvalue weighted by molar-refractivity contribution is 7.17. The Morgan fingerprint density at radius 2 is 1.95 bits per heavy atom. The summed E-state index contributed by atoms with van der Waals surface area (Å²) in [5.74, 6) is -0.900. The molecule has 108 valence electrons. The molecule has 0 fully saturated rings. The summed E-state index contributed by atoms with van der Waals surface area (Å²) in [6.07, 6.45) is 2.51. The van der Waals surface area contributed by atoms with Gasteiger partial charge in [0, 0.05) is 13.1 Å². The van der Waals surface area contributed by atoms with Crippen LogP contribution in [0, 0.1) is 0 Å². The van der Waals surface area contributed by atoms with Crippen molar-refractivity contribution in [2.75, 3.05) is 37.6 Å². The Kier molecular flexibility index (Phi) is 6.80. The van der Waals surface area contributed by atoms with Crippen molar-refractivity contribution in [1.29, 1.82) is 0 Å². The highest BCUT2D eigenvalue weighted by Gasteiger charge is 2.13. The molecule has 0 saturated heterocycles. The maximum absolute atomic E-state index is 10.9. The number of hydrogen-bond donors (Lipinski definition) is 1. The highest BCUT2D eigenvalue weighted by atomic mass is 32.1. The number of aromatic nitrogens is 1. The third kappa shape index (κ3) is 4.80. The van der Waals surface area contributed by atoms with Crippen LogP contribution in [0.3, 0.4) is 0 Å². The van der Waals surface area contributed by atoms with Crippen LogP contribution in [0.25, 0.3) is 0 Å². The van der Waals surface area contributed by atoms with Crippen LogP contribution >= 0.6 is 11.3 Å². The summed E-state index contributed by atoms with van der Waals surface area (Å²) < 4.78 is 0. The van der Waals surface area contributed by atoms with Gasteiger partial charge in [0.15, 0.2) is 5.13 Å². The lowest BCUT2D eigenvalue weighted by Crippen LogP contribution is -2.29. The van der Waals surface area contributed by atoms with E-state index in [1.807, 2.05) is 0 Å². The van der Waals surface area contributed by atoms with E-state index in [0.29, 0.717) is 4.88 Å². The van der Waals surface area contributed by atoms with E-state index in [1.165, 1.54) is 17.5 Å². The molecule has 1 aromatic heterocycles. The molecule has 0 spiro atoms. The average molecular weight is 285 g/mol. The molecule has 0 radical (unpaired) electrons. The van der Waals surface area contributed by atoms with Gasteiger partial charge in [0.05, 0.1) is 6.20 Å². The number of aromatic carboxylic acids is 1. The van der Waals surface area contributed by atoms with Gasteiger partial charge in [0.2, 0.25) is 0 Å². The number of thiazole rings is 1. The molecular weight excluding hydrogens is 262 g/mol. The second kappa shape index (κ2) is 8.12. The van der Waals surface area contributed by atoms with Crippen LogP contribution in [0.15, 0.2) is 6.20 Å². The maximum Gasteiger partial charge on any atom is 0.347 e. The number of carboxylic acids is 1. The van der Waals surface area contributed by atoms with Crippen molar-refractivity contribution >= 4 is 22.4 Å². The van der Waals surface area contributed by atoms with Gasteiger partial charge in [-0.1, -0.05) is 25.2 Å². The molecule has 0 aliphatic rings. The minimum atomic E-state index is -0.900. The van der Waals surface area contributed by atoms with E-state index in [2.05, 4.69) is 35.6 Å². The number of hydrogen-bond acceptors (Lipinski definition) is 5. The summed E-state index contributed by atoms with van der Waals surface area (Å²) in [7, 11) is 0. The van der Waals surface area contributed by atoms with Gasteiger partial charge in [0.1, 0.15) is 4.88 Å². The van der Waals surface area contributed by atoms with Gasteiger partial charge in [-0.05, 0) is 33.0 Å². The smallest absolute Gasteiger partial charge is 0.347 e. The van der Waals surface area contributed by atoms with Gasteiger partial charge in [-0.2, -0.15) is 0 Å². The minimum absolute atomic E-state index is 0.303. The summed E-state index contributed by atoms with van der Waals surface area (Å²) in [5.41, 5.74) is 0. The molecule has 0 amide bonds. The van der Waals surface area contributed by atoms with E-state index in [1.54, 1.807) is 0 Å². The summed E-state index contributed by atoms with van der Waals surface area (Å²) in [6.45, 7) is 11.4. The van der Waals surface area contributed by atoms with Gasteiger partial charge in [-0.25, -0.2) is 9.78 Å². The van der Waals surface area contributed by atoms with Crippen molar-refractivity contribution in [3.63, 3.8) is 0 Å². The fourth-order valence-electron chi connectivity index (χ4n) is 1.92. The second-order valence-electron chi connectivity index (χ2n) is 4.27. The van der Waals surface area contributed by atoms with Gasteiger partial charge < -0.3 is 14.9 Å². The summed E-state index contributed by atoms with van der Waals surface area (Å²) >= 11 is 1.25. The maximum atomic E-state index is 10.9. The van der Waals surface area contributed by atoms with Crippen molar-refractivity contribution in [3.8, 4) is 0 Å². The zero-order valence-electron chi connectivity index (χ0n) is 11.9. The number of anilines is 1. The van der Waals surface area contributed by atoms with E-state index in [0.717, 1.165) is 44.3 Å². The van der Waals surface area contributed by atoms with Crippen molar-refractivity contribution in [2.45, 2.75) is 27.2 Å². The number of carboxylic acid groups (broad SMARTS) is 1. The summed E-state index contributed by atoms with van der Waals surface area (Å²) in [6, 6.07) is 0. The number of rotatable bonds is 9. The van der Waals surface area contributed by atoms with Crippen LogP contribution in [0.2, 0.25) is 0 Å². The fraction of sp³-hybridized carbons (Fsp3) is 0.692.